The van der Waals surface area contributed by atoms with Gasteiger partial charge in [-0.3, -0.25) is 0 Å². The van der Waals surface area contributed by atoms with Crippen molar-refractivity contribution in [3.8, 4) is 5.75 Å². The van der Waals surface area contributed by atoms with Crippen LogP contribution in [0.2, 0.25) is 0 Å². The zero-order valence-corrected chi connectivity index (χ0v) is 14.2. The number of rotatable bonds is 4. The molecule has 0 bridgehead atoms. The summed E-state index contributed by atoms with van der Waals surface area (Å²) < 4.78 is 5.48. The standard InChI is InChI=1S/C19H21N5O/c1-25-17-5-2-4-16-15(17)7-11-20-19(16)24-12-8-14(9-13-24)22-18-6-3-10-21-23-18/h2-7,10-11,14H,8-9,12-13H2,1H3,(H,22,23). The second-order valence-electron chi connectivity index (χ2n) is 6.20. The highest BCUT2D eigenvalue weighted by Gasteiger charge is 2.22. The fourth-order valence-electron chi connectivity index (χ4n) is 3.42. The summed E-state index contributed by atoms with van der Waals surface area (Å²) in [6.45, 7) is 1.92. The van der Waals surface area contributed by atoms with Crippen molar-refractivity contribution in [1.29, 1.82) is 0 Å². The predicted molar refractivity (Wildman–Crippen MR) is 99.2 cm³/mol. The topological polar surface area (TPSA) is 63.2 Å². The van der Waals surface area contributed by atoms with Crippen LogP contribution in [0.4, 0.5) is 11.6 Å². The molecule has 1 fully saturated rings. The summed E-state index contributed by atoms with van der Waals surface area (Å²) >= 11 is 0. The maximum absolute atomic E-state index is 5.48. The Hall–Kier alpha value is -2.89. The highest BCUT2D eigenvalue weighted by molar-refractivity contribution is 5.96. The summed E-state index contributed by atoms with van der Waals surface area (Å²) in [5.41, 5.74) is 0. The van der Waals surface area contributed by atoms with E-state index in [9.17, 15) is 0 Å². The number of methoxy groups -OCH3 is 1. The van der Waals surface area contributed by atoms with E-state index in [0.717, 1.165) is 54.1 Å². The molecule has 1 aliphatic rings. The third-order valence-electron chi connectivity index (χ3n) is 4.68. The number of nitrogens with zero attached hydrogens (tertiary/aromatic N) is 4. The van der Waals surface area contributed by atoms with Crippen molar-refractivity contribution in [1.82, 2.24) is 15.2 Å². The zero-order valence-electron chi connectivity index (χ0n) is 14.2. The zero-order chi connectivity index (χ0) is 17.1. The van der Waals surface area contributed by atoms with Gasteiger partial charge in [0.15, 0.2) is 0 Å². The number of hydrogen-bond donors (Lipinski definition) is 1. The Morgan fingerprint density at radius 2 is 1.92 bits per heavy atom. The molecule has 1 aliphatic heterocycles. The number of piperidine rings is 1. The molecule has 0 saturated carbocycles. The van der Waals surface area contributed by atoms with Crippen molar-refractivity contribution >= 4 is 22.4 Å². The Labute approximate surface area is 146 Å². The number of ether oxygens (including phenoxy) is 1. The van der Waals surface area contributed by atoms with Crippen LogP contribution in [0.5, 0.6) is 5.75 Å². The second-order valence-corrected chi connectivity index (χ2v) is 6.20. The number of fused-ring (bicyclic) bond motifs is 1. The number of hydrogen-bond acceptors (Lipinski definition) is 6. The fourth-order valence-corrected chi connectivity index (χ4v) is 3.42. The minimum Gasteiger partial charge on any atom is -0.496 e. The molecule has 0 radical (unpaired) electrons. The minimum absolute atomic E-state index is 0.414. The van der Waals surface area contributed by atoms with Crippen LogP contribution in [0.15, 0.2) is 48.8 Å². The van der Waals surface area contributed by atoms with E-state index in [2.05, 4.69) is 31.5 Å². The molecule has 4 rings (SSSR count). The van der Waals surface area contributed by atoms with Gasteiger partial charge in [0.2, 0.25) is 0 Å². The van der Waals surface area contributed by atoms with E-state index < -0.39 is 0 Å². The van der Waals surface area contributed by atoms with Crippen LogP contribution in [0.1, 0.15) is 12.8 Å². The molecule has 3 heterocycles. The molecule has 2 aromatic heterocycles. The van der Waals surface area contributed by atoms with E-state index in [1.165, 1.54) is 0 Å². The third kappa shape index (κ3) is 3.20. The minimum atomic E-state index is 0.414. The molecule has 0 spiro atoms. The first-order valence-corrected chi connectivity index (χ1v) is 8.56. The van der Waals surface area contributed by atoms with Crippen molar-refractivity contribution in [2.45, 2.75) is 18.9 Å². The summed E-state index contributed by atoms with van der Waals surface area (Å²) in [7, 11) is 1.71. The smallest absolute Gasteiger partial charge is 0.148 e. The van der Waals surface area contributed by atoms with Crippen LogP contribution >= 0.6 is 0 Å². The number of pyridine rings is 1. The summed E-state index contributed by atoms with van der Waals surface area (Å²) in [6, 6.07) is 12.4. The van der Waals surface area contributed by atoms with Gasteiger partial charge >= 0.3 is 0 Å². The number of nitrogens with one attached hydrogen (secondary N) is 1. The first kappa shape index (κ1) is 15.6. The second kappa shape index (κ2) is 6.93. The van der Waals surface area contributed by atoms with Crippen molar-refractivity contribution in [3.63, 3.8) is 0 Å². The van der Waals surface area contributed by atoms with Gasteiger partial charge in [0.05, 0.1) is 7.11 Å². The lowest BCUT2D eigenvalue weighted by atomic mass is 10.0. The Morgan fingerprint density at radius 1 is 1.04 bits per heavy atom. The monoisotopic (exact) mass is 335 g/mol. The van der Waals surface area contributed by atoms with E-state index in [-0.39, 0.29) is 0 Å². The molecule has 6 nitrogen and oxygen atoms in total. The predicted octanol–water partition coefficient (Wildman–Crippen LogP) is 3.11. The van der Waals surface area contributed by atoms with Gasteiger partial charge < -0.3 is 15.0 Å². The molecule has 6 heteroatoms. The highest BCUT2D eigenvalue weighted by atomic mass is 16.5. The molecule has 1 aromatic carbocycles. The van der Waals surface area contributed by atoms with Crippen LogP contribution in [0.25, 0.3) is 10.8 Å². The third-order valence-corrected chi connectivity index (χ3v) is 4.68. The fraction of sp³-hybridized carbons (Fsp3) is 0.316. The largest absolute Gasteiger partial charge is 0.496 e. The van der Waals surface area contributed by atoms with Crippen LogP contribution in [-0.4, -0.2) is 41.4 Å². The van der Waals surface area contributed by atoms with Gasteiger partial charge in [-0.25, -0.2) is 4.98 Å². The number of anilines is 2. The molecule has 0 atom stereocenters. The van der Waals surface area contributed by atoms with E-state index in [4.69, 9.17) is 4.74 Å². The van der Waals surface area contributed by atoms with Gasteiger partial charge in [-0.05, 0) is 37.1 Å². The Balaban J connectivity index is 1.50. The SMILES string of the molecule is COc1cccc2c(N3CCC(Nc4cccnn4)CC3)nccc12. The molecule has 1 N–H and O–H groups in total. The lowest BCUT2D eigenvalue weighted by Gasteiger charge is -2.34. The van der Waals surface area contributed by atoms with E-state index in [1.807, 2.05) is 36.5 Å². The van der Waals surface area contributed by atoms with Crippen molar-refractivity contribution in [3.05, 3.63) is 48.8 Å². The molecule has 0 unspecified atom stereocenters. The van der Waals surface area contributed by atoms with Crippen molar-refractivity contribution in [2.75, 3.05) is 30.4 Å². The van der Waals surface area contributed by atoms with Crippen LogP contribution in [0, 0.1) is 0 Å². The Morgan fingerprint density at radius 3 is 2.68 bits per heavy atom. The number of benzene rings is 1. The maximum atomic E-state index is 5.48. The molecule has 128 valence electrons. The van der Waals surface area contributed by atoms with Gasteiger partial charge in [0.1, 0.15) is 17.4 Å². The Kier molecular flexibility index (Phi) is 4.33. The number of aromatic nitrogens is 3. The van der Waals surface area contributed by atoms with Crippen molar-refractivity contribution < 1.29 is 4.74 Å². The van der Waals surface area contributed by atoms with E-state index >= 15 is 0 Å². The van der Waals surface area contributed by atoms with Gasteiger partial charge in [-0.2, -0.15) is 5.10 Å². The molecular weight excluding hydrogens is 314 g/mol. The van der Waals surface area contributed by atoms with Gasteiger partial charge in [0, 0.05) is 42.3 Å². The van der Waals surface area contributed by atoms with Crippen LogP contribution in [-0.2, 0) is 0 Å². The van der Waals surface area contributed by atoms with E-state index in [0.29, 0.717) is 6.04 Å². The molecule has 0 aliphatic carbocycles. The lowest BCUT2D eigenvalue weighted by Crippen LogP contribution is -2.39. The van der Waals surface area contributed by atoms with Gasteiger partial charge in [0.25, 0.3) is 0 Å². The normalized spacial score (nSPS) is 15.3. The molecule has 0 amide bonds. The molecular formula is C19H21N5O. The first-order valence-electron chi connectivity index (χ1n) is 8.56. The van der Waals surface area contributed by atoms with Crippen molar-refractivity contribution in [2.24, 2.45) is 0 Å². The highest BCUT2D eigenvalue weighted by Crippen LogP contribution is 2.32. The Bertz CT molecular complexity index is 847. The summed E-state index contributed by atoms with van der Waals surface area (Å²) in [6.07, 6.45) is 5.63. The van der Waals surface area contributed by atoms with Gasteiger partial charge in [-0.15, -0.1) is 5.10 Å². The maximum Gasteiger partial charge on any atom is 0.148 e. The molecule has 1 saturated heterocycles. The first-order chi connectivity index (χ1) is 12.3. The summed E-state index contributed by atoms with van der Waals surface area (Å²) in [4.78, 5) is 7.00. The summed E-state index contributed by atoms with van der Waals surface area (Å²) in [5, 5.41) is 13.7. The van der Waals surface area contributed by atoms with Crippen LogP contribution < -0.4 is 15.0 Å². The summed E-state index contributed by atoms with van der Waals surface area (Å²) in [5.74, 6) is 2.77. The quantitative estimate of drug-likeness (QED) is 0.790. The lowest BCUT2D eigenvalue weighted by molar-refractivity contribution is 0.420. The average molecular weight is 335 g/mol. The van der Waals surface area contributed by atoms with Crippen LogP contribution in [0.3, 0.4) is 0 Å². The van der Waals surface area contributed by atoms with Gasteiger partial charge in [-0.1, -0.05) is 12.1 Å². The molecule has 25 heavy (non-hydrogen) atoms. The molecule has 3 aromatic rings. The van der Waals surface area contributed by atoms with E-state index in [1.54, 1.807) is 13.3 Å². The average Bonchev–Trinajstić information content (AvgIpc) is 2.68.